The number of ketones is 1. The van der Waals surface area contributed by atoms with Crippen LogP contribution in [0, 0.1) is 0 Å². The Kier molecular flexibility index (Phi) is 4.81. The highest BCUT2D eigenvalue weighted by Gasteiger charge is 2.12. The Labute approximate surface area is 124 Å². The van der Waals surface area contributed by atoms with E-state index in [-0.39, 0.29) is 5.78 Å². The van der Waals surface area contributed by atoms with E-state index in [9.17, 15) is 4.79 Å². The molecule has 6 heteroatoms. The molecule has 0 bridgehead atoms. The maximum Gasteiger partial charge on any atom is 0.186 e. The van der Waals surface area contributed by atoms with Crippen LogP contribution >= 0.6 is 45.9 Å². The Hall–Kier alpha value is -0.390. The Bertz CT molecular complexity index is 550. The molecule has 2 nitrogen and oxygen atoms in total. The first kappa shape index (κ1) is 14.0. The number of nitrogens with zero attached hydrogens (tertiary/aromatic N) is 1. The Balaban J connectivity index is 1.91. The lowest BCUT2D eigenvalue weighted by Crippen LogP contribution is -2.24. The van der Waals surface area contributed by atoms with Crippen LogP contribution in [0.5, 0.6) is 0 Å². The van der Waals surface area contributed by atoms with Crippen LogP contribution in [0.1, 0.15) is 14.5 Å². The number of hydrogen-bond acceptors (Lipinski definition) is 4. The largest absolute Gasteiger partial charge is 0.294 e. The summed E-state index contributed by atoms with van der Waals surface area (Å²) in [7, 11) is 1.92. The van der Waals surface area contributed by atoms with E-state index in [4.69, 9.17) is 23.2 Å². The van der Waals surface area contributed by atoms with Crippen molar-refractivity contribution in [1.82, 2.24) is 4.90 Å². The molecule has 0 aliphatic carbocycles. The van der Waals surface area contributed by atoms with Crippen molar-refractivity contribution < 1.29 is 4.79 Å². The second-order valence-corrected chi connectivity index (χ2v) is 7.42. The lowest BCUT2D eigenvalue weighted by Gasteiger charge is -2.13. The number of likely N-dealkylation sites (N-methyl/N-ethyl adjacent to an activating group) is 1. The quantitative estimate of drug-likeness (QED) is 0.760. The summed E-state index contributed by atoms with van der Waals surface area (Å²) in [5, 5.41) is 0. The van der Waals surface area contributed by atoms with E-state index in [2.05, 4.69) is 0 Å². The lowest BCUT2D eigenvalue weighted by molar-refractivity contribution is 0.0947. The van der Waals surface area contributed by atoms with Crippen molar-refractivity contribution in [3.05, 3.63) is 42.7 Å². The fraction of sp³-hybridized carbons (Fsp3) is 0.250. The van der Waals surface area contributed by atoms with Crippen molar-refractivity contribution in [3.8, 4) is 0 Å². The summed E-state index contributed by atoms with van der Waals surface area (Å²) >= 11 is 14.5. The van der Waals surface area contributed by atoms with E-state index in [0.717, 1.165) is 15.8 Å². The van der Waals surface area contributed by atoms with Crippen molar-refractivity contribution >= 4 is 51.7 Å². The highest BCUT2D eigenvalue weighted by molar-refractivity contribution is 7.18. The molecule has 96 valence electrons. The molecule has 2 heterocycles. The zero-order chi connectivity index (χ0) is 13.1. The predicted octanol–water partition coefficient (Wildman–Crippen LogP) is 4.43. The number of thiophene rings is 2. The topological polar surface area (TPSA) is 20.3 Å². The average Bonchev–Trinajstić information content (AvgIpc) is 2.87. The number of rotatable bonds is 5. The van der Waals surface area contributed by atoms with Crippen LogP contribution in [0.2, 0.25) is 8.67 Å². The summed E-state index contributed by atoms with van der Waals surface area (Å²) in [6.45, 7) is 1.11. The van der Waals surface area contributed by atoms with Crippen LogP contribution < -0.4 is 0 Å². The van der Waals surface area contributed by atoms with Crippen LogP contribution in [-0.4, -0.2) is 24.3 Å². The van der Waals surface area contributed by atoms with Gasteiger partial charge in [-0.3, -0.25) is 9.69 Å². The molecule has 0 aromatic carbocycles. The van der Waals surface area contributed by atoms with Crippen molar-refractivity contribution in [2.45, 2.75) is 6.54 Å². The molecule has 0 saturated heterocycles. The van der Waals surface area contributed by atoms with Gasteiger partial charge in [-0.1, -0.05) is 23.2 Å². The molecule has 0 aliphatic heterocycles. The molecular weight excluding hydrogens is 309 g/mol. The molecule has 0 aliphatic rings. The molecule has 0 fully saturated rings. The minimum absolute atomic E-state index is 0.0945. The zero-order valence-corrected chi connectivity index (χ0v) is 12.8. The summed E-state index contributed by atoms with van der Waals surface area (Å²) < 4.78 is 1.42. The number of carbonyl (C=O) groups is 1. The van der Waals surface area contributed by atoms with Gasteiger partial charge in [0.1, 0.15) is 0 Å². The van der Waals surface area contributed by atoms with Gasteiger partial charge >= 0.3 is 0 Å². The molecule has 2 aromatic heterocycles. The first-order valence-electron chi connectivity index (χ1n) is 5.26. The molecule has 0 atom stereocenters. The third-order valence-corrected chi connectivity index (χ3v) is 4.80. The number of halogens is 2. The number of carbonyl (C=O) groups excluding carboxylic acids is 1. The first-order chi connectivity index (χ1) is 8.54. The van der Waals surface area contributed by atoms with Gasteiger partial charge in [0.25, 0.3) is 0 Å². The minimum atomic E-state index is 0.0945. The predicted molar refractivity (Wildman–Crippen MR) is 79.3 cm³/mol. The molecule has 2 rings (SSSR count). The van der Waals surface area contributed by atoms with Gasteiger partial charge in [-0.05, 0) is 31.3 Å². The number of hydrogen-bond donors (Lipinski definition) is 0. The van der Waals surface area contributed by atoms with Gasteiger partial charge in [0, 0.05) is 11.4 Å². The smallest absolute Gasteiger partial charge is 0.186 e. The fourth-order valence-electron chi connectivity index (χ4n) is 1.55. The maximum absolute atomic E-state index is 12.0. The van der Waals surface area contributed by atoms with Gasteiger partial charge in [-0.25, -0.2) is 0 Å². The van der Waals surface area contributed by atoms with Crippen molar-refractivity contribution in [2.75, 3.05) is 13.6 Å². The minimum Gasteiger partial charge on any atom is -0.294 e. The van der Waals surface area contributed by atoms with E-state index in [1.165, 1.54) is 22.7 Å². The van der Waals surface area contributed by atoms with E-state index >= 15 is 0 Å². The second kappa shape index (κ2) is 6.17. The van der Waals surface area contributed by atoms with Gasteiger partial charge in [0.05, 0.1) is 20.1 Å². The van der Waals surface area contributed by atoms with Crippen molar-refractivity contribution in [2.24, 2.45) is 0 Å². The normalized spacial score (nSPS) is 11.1. The summed E-state index contributed by atoms with van der Waals surface area (Å²) in [4.78, 5) is 15.8. The molecule has 0 spiro atoms. The third kappa shape index (κ3) is 3.80. The van der Waals surface area contributed by atoms with Gasteiger partial charge in [0.2, 0.25) is 0 Å². The molecule has 18 heavy (non-hydrogen) atoms. The van der Waals surface area contributed by atoms with Crippen LogP contribution in [0.3, 0.4) is 0 Å². The molecule has 0 radical (unpaired) electrons. The van der Waals surface area contributed by atoms with Crippen LogP contribution in [-0.2, 0) is 6.54 Å². The van der Waals surface area contributed by atoms with E-state index in [1.807, 2.05) is 24.1 Å². The van der Waals surface area contributed by atoms with Gasteiger partial charge in [-0.2, -0.15) is 0 Å². The standard InChI is InChI=1S/C12H11Cl2NOS2/c1-15(6-8-2-4-11(13)17-8)7-9(16)10-3-5-12(14)18-10/h2-5H,6-7H2,1H3. The van der Waals surface area contributed by atoms with Crippen LogP contribution in [0.15, 0.2) is 24.3 Å². The highest BCUT2D eigenvalue weighted by Crippen LogP contribution is 2.24. The highest BCUT2D eigenvalue weighted by atomic mass is 35.5. The van der Waals surface area contributed by atoms with Crippen molar-refractivity contribution in [1.29, 1.82) is 0 Å². The van der Waals surface area contributed by atoms with Gasteiger partial charge in [-0.15, -0.1) is 22.7 Å². The molecule has 2 aromatic rings. The summed E-state index contributed by atoms with van der Waals surface area (Å²) in [5.41, 5.74) is 0. The molecule has 0 unspecified atom stereocenters. The maximum atomic E-state index is 12.0. The van der Waals surface area contributed by atoms with Gasteiger partial charge < -0.3 is 0 Å². The second-order valence-electron chi connectivity index (χ2n) is 3.91. The third-order valence-electron chi connectivity index (χ3n) is 2.32. The molecule has 0 amide bonds. The number of Topliss-reactive ketones (excluding diaryl/α,β-unsaturated/α-hetero) is 1. The summed E-state index contributed by atoms with van der Waals surface area (Å²) in [6, 6.07) is 7.37. The SMILES string of the molecule is CN(CC(=O)c1ccc(Cl)s1)Cc1ccc(Cl)s1. The van der Waals surface area contributed by atoms with Crippen LogP contribution in [0.25, 0.3) is 0 Å². The van der Waals surface area contributed by atoms with E-state index < -0.39 is 0 Å². The first-order valence-corrected chi connectivity index (χ1v) is 7.65. The summed E-state index contributed by atoms with van der Waals surface area (Å²) in [5.74, 6) is 0.0945. The van der Waals surface area contributed by atoms with Crippen molar-refractivity contribution in [3.63, 3.8) is 0 Å². The average molecular weight is 320 g/mol. The van der Waals surface area contributed by atoms with Gasteiger partial charge in [0.15, 0.2) is 5.78 Å². The van der Waals surface area contributed by atoms with Crippen LogP contribution in [0.4, 0.5) is 0 Å². The zero-order valence-electron chi connectivity index (χ0n) is 9.65. The van der Waals surface area contributed by atoms with E-state index in [0.29, 0.717) is 15.8 Å². The Morgan fingerprint density at radius 2 is 1.83 bits per heavy atom. The molecule has 0 N–H and O–H groups in total. The Morgan fingerprint density at radius 1 is 1.17 bits per heavy atom. The molecular formula is C12H11Cl2NOS2. The van der Waals surface area contributed by atoms with E-state index in [1.54, 1.807) is 12.1 Å². The Morgan fingerprint density at radius 3 is 2.39 bits per heavy atom. The fourth-order valence-corrected chi connectivity index (χ4v) is 3.69. The summed E-state index contributed by atoms with van der Waals surface area (Å²) in [6.07, 6.45) is 0. The monoisotopic (exact) mass is 319 g/mol. The lowest BCUT2D eigenvalue weighted by atomic mass is 10.3. The molecule has 0 saturated carbocycles.